The molecule has 1 N–H and O–H groups in total. The number of amides is 1. The molecule has 1 aromatic rings. The van der Waals surface area contributed by atoms with Gasteiger partial charge in [-0.05, 0) is 37.0 Å². The van der Waals surface area contributed by atoms with Gasteiger partial charge < -0.3 is 5.32 Å². The van der Waals surface area contributed by atoms with E-state index in [1.807, 2.05) is 27.7 Å². The largest absolute Gasteiger partial charge is 0.416 e. The summed E-state index contributed by atoms with van der Waals surface area (Å²) in [4.78, 5) is 12.7. The highest BCUT2D eigenvalue weighted by Gasteiger charge is 2.34. The fourth-order valence-electron chi connectivity index (χ4n) is 3.02. The summed E-state index contributed by atoms with van der Waals surface area (Å²) in [5.41, 5.74) is -1.19. The molecule has 9 heteroatoms. The summed E-state index contributed by atoms with van der Waals surface area (Å²) in [6, 6.07) is 2.54. The molecule has 1 atom stereocenters. The van der Waals surface area contributed by atoms with Crippen molar-refractivity contribution in [2.24, 2.45) is 11.8 Å². The van der Waals surface area contributed by atoms with Crippen molar-refractivity contribution in [3.8, 4) is 0 Å². The van der Waals surface area contributed by atoms with E-state index in [1.54, 1.807) is 0 Å². The molecular formula is C18H27F3N2O3S. The van der Waals surface area contributed by atoms with Crippen molar-refractivity contribution in [1.29, 1.82) is 0 Å². The fraction of sp³-hybridized carbons (Fsp3) is 0.611. The molecular weight excluding hydrogens is 381 g/mol. The zero-order valence-electron chi connectivity index (χ0n) is 16.3. The molecule has 0 fully saturated rings. The SMILES string of the molecule is CC(C)C(NC(=O)C(C)N(c1cccc(C(F)(F)F)c1)S(C)(=O)=O)C(C)C. The van der Waals surface area contributed by atoms with Gasteiger partial charge in [0.2, 0.25) is 15.9 Å². The lowest BCUT2D eigenvalue weighted by Gasteiger charge is -2.32. The molecule has 0 aliphatic carbocycles. The molecule has 0 radical (unpaired) electrons. The van der Waals surface area contributed by atoms with Gasteiger partial charge in [0.1, 0.15) is 6.04 Å². The van der Waals surface area contributed by atoms with Crippen LogP contribution in [0.3, 0.4) is 0 Å². The number of carbonyl (C=O) groups excluding carboxylic acids is 1. The minimum absolute atomic E-state index is 0.112. The van der Waals surface area contributed by atoms with Crippen LogP contribution in [-0.2, 0) is 21.0 Å². The number of halogens is 3. The van der Waals surface area contributed by atoms with Gasteiger partial charge in [0, 0.05) is 6.04 Å². The van der Waals surface area contributed by atoms with Gasteiger partial charge in [-0.15, -0.1) is 0 Å². The van der Waals surface area contributed by atoms with Gasteiger partial charge in [-0.1, -0.05) is 33.8 Å². The number of hydrogen-bond acceptors (Lipinski definition) is 3. The summed E-state index contributed by atoms with van der Waals surface area (Å²) in [5.74, 6) is -0.340. The second-order valence-corrected chi connectivity index (χ2v) is 9.16. The van der Waals surface area contributed by atoms with Crippen LogP contribution in [0.1, 0.15) is 40.2 Å². The molecule has 0 saturated heterocycles. The Morgan fingerprint density at radius 3 is 2.00 bits per heavy atom. The van der Waals surface area contributed by atoms with Crippen LogP contribution in [-0.4, -0.2) is 32.7 Å². The second-order valence-electron chi connectivity index (χ2n) is 7.31. The first-order valence-electron chi connectivity index (χ1n) is 8.63. The van der Waals surface area contributed by atoms with Crippen molar-refractivity contribution in [1.82, 2.24) is 5.32 Å². The number of rotatable bonds is 7. The van der Waals surface area contributed by atoms with Crippen LogP contribution in [0.2, 0.25) is 0 Å². The zero-order chi connectivity index (χ0) is 21.2. The van der Waals surface area contributed by atoms with Crippen LogP contribution in [0.5, 0.6) is 0 Å². The Bertz CT molecular complexity index is 753. The molecule has 0 heterocycles. The first kappa shape index (κ1) is 23.3. The van der Waals surface area contributed by atoms with Gasteiger partial charge in [-0.25, -0.2) is 8.42 Å². The third-order valence-corrected chi connectivity index (χ3v) is 5.50. The van der Waals surface area contributed by atoms with Crippen LogP contribution >= 0.6 is 0 Å². The maximum atomic E-state index is 13.0. The Labute approximate surface area is 159 Å². The van der Waals surface area contributed by atoms with Crippen LogP contribution < -0.4 is 9.62 Å². The van der Waals surface area contributed by atoms with Crippen molar-refractivity contribution in [3.63, 3.8) is 0 Å². The number of anilines is 1. The van der Waals surface area contributed by atoms with Crippen molar-refractivity contribution in [2.75, 3.05) is 10.6 Å². The van der Waals surface area contributed by atoms with Gasteiger partial charge in [0.15, 0.2) is 0 Å². The van der Waals surface area contributed by atoms with Crippen LogP contribution in [0.4, 0.5) is 18.9 Å². The van der Waals surface area contributed by atoms with Crippen LogP contribution in [0.15, 0.2) is 24.3 Å². The molecule has 5 nitrogen and oxygen atoms in total. The average molecular weight is 408 g/mol. The third-order valence-electron chi connectivity index (χ3n) is 4.26. The van der Waals surface area contributed by atoms with Crippen LogP contribution in [0, 0.1) is 11.8 Å². The number of hydrogen-bond donors (Lipinski definition) is 1. The summed E-state index contributed by atoms with van der Waals surface area (Å²) >= 11 is 0. The second kappa shape index (κ2) is 8.50. The maximum Gasteiger partial charge on any atom is 0.416 e. The Hall–Kier alpha value is -1.77. The molecule has 27 heavy (non-hydrogen) atoms. The number of alkyl halides is 3. The standard InChI is InChI=1S/C18H27F3N2O3S/c1-11(2)16(12(3)4)22-17(24)13(5)23(27(6,25)26)15-9-7-8-14(10-15)18(19,20)21/h7-13,16H,1-6H3,(H,22,24). The summed E-state index contributed by atoms with van der Waals surface area (Å²) in [6.45, 7) is 9.06. The molecule has 1 aromatic carbocycles. The first-order valence-corrected chi connectivity index (χ1v) is 10.5. The molecule has 1 unspecified atom stereocenters. The Morgan fingerprint density at radius 1 is 1.07 bits per heavy atom. The summed E-state index contributed by atoms with van der Waals surface area (Å²) in [5, 5.41) is 2.82. The van der Waals surface area contributed by atoms with E-state index >= 15 is 0 Å². The molecule has 1 rings (SSSR count). The van der Waals surface area contributed by atoms with E-state index in [-0.39, 0.29) is 23.6 Å². The first-order chi connectivity index (χ1) is 12.2. The minimum Gasteiger partial charge on any atom is -0.351 e. The average Bonchev–Trinajstić information content (AvgIpc) is 2.49. The zero-order valence-corrected chi connectivity index (χ0v) is 17.1. The Morgan fingerprint density at radius 2 is 1.59 bits per heavy atom. The monoisotopic (exact) mass is 408 g/mol. The highest BCUT2D eigenvalue weighted by molar-refractivity contribution is 7.92. The lowest BCUT2D eigenvalue weighted by atomic mass is 9.93. The van der Waals surface area contributed by atoms with E-state index in [1.165, 1.54) is 13.0 Å². The molecule has 0 aromatic heterocycles. The van der Waals surface area contributed by atoms with Crippen molar-refractivity contribution in [2.45, 2.75) is 52.9 Å². The predicted molar refractivity (Wildman–Crippen MR) is 99.8 cm³/mol. The highest BCUT2D eigenvalue weighted by atomic mass is 32.2. The van der Waals surface area contributed by atoms with E-state index in [4.69, 9.17) is 0 Å². The van der Waals surface area contributed by atoms with Crippen LogP contribution in [0.25, 0.3) is 0 Å². The van der Waals surface area contributed by atoms with Gasteiger partial charge in [0.05, 0.1) is 17.5 Å². The molecule has 1 amide bonds. The van der Waals surface area contributed by atoms with Crippen molar-refractivity contribution >= 4 is 21.6 Å². The highest BCUT2D eigenvalue weighted by Crippen LogP contribution is 2.32. The lowest BCUT2D eigenvalue weighted by molar-refractivity contribution is -0.137. The number of benzene rings is 1. The van der Waals surface area contributed by atoms with Crippen molar-refractivity contribution in [3.05, 3.63) is 29.8 Å². The van der Waals surface area contributed by atoms with E-state index in [2.05, 4.69) is 5.32 Å². The van der Waals surface area contributed by atoms with E-state index in [0.717, 1.165) is 28.8 Å². The smallest absolute Gasteiger partial charge is 0.351 e. The summed E-state index contributed by atoms with van der Waals surface area (Å²) in [7, 11) is -4.00. The van der Waals surface area contributed by atoms with Crippen molar-refractivity contribution < 1.29 is 26.4 Å². The lowest BCUT2D eigenvalue weighted by Crippen LogP contribution is -2.52. The normalized spacial score (nSPS) is 13.9. The molecule has 0 aliphatic heterocycles. The van der Waals surface area contributed by atoms with Gasteiger partial charge in [-0.3, -0.25) is 9.10 Å². The number of nitrogens with zero attached hydrogens (tertiary/aromatic N) is 1. The number of nitrogens with one attached hydrogen (secondary N) is 1. The van der Waals surface area contributed by atoms with Gasteiger partial charge in [0.25, 0.3) is 0 Å². The summed E-state index contributed by atoms with van der Waals surface area (Å²) in [6.07, 6.45) is -3.76. The van der Waals surface area contributed by atoms with E-state index < -0.39 is 33.7 Å². The Kier molecular flexibility index (Phi) is 7.32. The fourth-order valence-corrected chi connectivity index (χ4v) is 4.18. The maximum absolute atomic E-state index is 13.0. The molecule has 0 spiro atoms. The molecule has 0 saturated carbocycles. The van der Waals surface area contributed by atoms with Gasteiger partial charge in [-0.2, -0.15) is 13.2 Å². The molecule has 154 valence electrons. The topological polar surface area (TPSA) is 66.5 Å². The predicted octanol–water partition coefficient (Wildman–Crippen LogP) is 3.66. The molecule has 0 aliphatic rings. The molecule has 0 bridgehead atoms. The summed E-state index contributed by atoms with van der Waals surface area (Å²) < 4.78 is 64.2. The number of carbonyl (C=O) groups is 1. The Balaban J connectivity index is 3.28. The number of sulfonamides is 1. The van der Waals surface area contributed by atoms with E-state index in [9.17, 15) is 26.4 Å². The quantitative estimate of drug-likeness (QED) is 0.749. The van der Waals surface area contributed by atoms with E-state index in [0.29, 0.717) is 0 Å². The minimum atomic E-state index is -4.62. The van der Waals surface area contributed by atoms with Gasteiger partial charge >= 0.3 is 6.18 Å². The third kappa shape index (κ3) is 6.12.